The number of fused-ring (bicyclic) bond motifs is 1. The van der Waals surface area contributed by atoms with Crippen molar-refractivity contribution in [2.45, 2.75) is 13.3 Å². The van der Waals surface area contributed by atoms with E-state index in [4.69, 9.17) is 9.47 Å². The standard InChI is InChI=1S/C22H21IN2O3/c1-3-12-28-20-11-9-15-6-4-5-7-17(15)18(20)14-24-25-22(26)16-8-10-19(23)21(13-16)27-2/h4-11,13-14H,3,12H2,1-2H3,(H,25,26)/b24-14+. The molecular weight excluding hydrogens is 467 g/mol. The van der Waals surface area contributed by atoms with Crippen LogP contribution in [0, 0.1) is 3.57 Å². The third kappa shape index (κ3) is 4.62. The number of ether oxygens (including phenoxy) is 2. The highest BCUT2D eigenvalue weighted by atomic mass is 127. The summed E-state index contributed by atoms with van der Waals surface area (Å²) in [6.07, 6.45) is 2.55. The summed E-state index contributed by atoms with van der Waals surface area (Å²) in [5, 5.41) is 6.27. The van der Waals surface area contributed by atoms with Gasteiger partial charge in [0.15, 0.2) is 0 Å². The molecule has 0 aromatic heterocycles. The summed E-state index contributed by atoms with van der Waals surface area (Å²) in [5.41, 5.74) is 3.90. The Morgan fingerprint density at radius 3 is 2.75 bits per heavy atom. The molecule has 0 bridgehead atoms. The summed E-state index contributed by atoms with van der Waals surface area (Å²) in [4.78, 5) is 12.4. The molecule has 1 amide bonds. The van der Waals surface area contributed by atoms with Gasteiger partial charge in [-0.15, -0.1) is 0 Å². The lowest BCUT2D eigenvalue weighted by Crippen LogP contribution is -2.17. The van der Waals surface area contributed by atoms with Crippen LogP contribution in [0.1, 0.15) is 29.3 Å². The van der Waals surface area contributed by atoms with Gasteiger partial charge in [0.25, 0.3) is 5.91 Å². The van der Waals surface area contributed by atoms with Gasteiger partial charge in [-0.1, -0.05) is 37.3 Å². The van der Waals surface area contributed by atoms with Crippen molar-refractivity contribution in [1.29, 1.82) is 0 Å². The Labute approximate surface area is 177 Å². The first-order chi connectivity index (χ1) is 13.6. The molecule has 28 heavy (non-hydrogen) atoms. The molecular formula is C22H21IN2O3. The predicted molar refractivity (Wildman–Crippen MR) is 121 cm³/mol. The molecule has 0 aliphatic rings. The molecule has 0 aliphatic heterocycles. The maximum absolute atomic E-state index is 12.4. The van der Waals surface area contributed by atoms with Crippen molar-refractivity contribution in [3.05, 3.63) is 69.3 Å². The Morgan fingerprint density at radius 1 is 1.14 bits per heavy atom. The van der Waals surface area contributed by atoms with Gasteiger partial charge in [0.2, 0.25) is 0 Å². The van der Waals surface area contributed by atoms with Gasteiger partial charge in [0, 0.05) is 11.1 Å². The molecule has 0 unspecified atom stereocenters. The largest absolute Gasteiger partial charge is 0.496 e. The first kappa shape index (κ1) is 20.1. The number of rotatable bonds is 7. The number of methoxy groups -OCH3 is 1. The van der Waals surface area contributed by atoms with Crippen molar-refractivity contribution >= 4 is 45.5 Å². The maximum atomic E-state index is 12.4. The second kappa shape index (κ2) is 9.54. The van der Waals surface area contributed by atoms with E-state index in [1.54, 1.807) is 25.5 Å². The number of nitrogens with one attached hydrogen (secondary N) is 1. The fourth-order valence-corrected chi connectivity index (χ4v) is 3.32. The lowest BCUT2D eigenvalue weighted by atomic mass is 10.0. The second-order valence-electron chi connectivity index (χ2n) is 6.10. The van der Waals surface area contributed by atoms with Crippen LogP contribution in [-0.2, 0) is 0 Å². The van der Waals surface area contributed by atoms with Crippen LogP contribution < -0.4 is 14.9 Å². The van der Waals surface area contributed by atoms with Crippen molar-refractivity contribution in [3.63, 3.8) is 0 Å². The first-order valence-corrected chi connectivity index (χ1v) is 10.0. The van der Waals surface area contributed by atoms with Crippen molar-refractivity contribution in [3.8, 4) is 11.5 Å². The van der Waals surface area contributed by atoms with Crippen molar-refractivity contribution in [1.82, 2.24) is 5.43 Å². The van der Waals surface area contributed by atoms with E-state index in [-0.39, 0.29) is 5.91 Å². The summed E-state index contributed by atoms with van der Waals surface area (Å²) in [7, 11) is 1.58. The van der Waals surface area contributed by atoms with Gasteiger partial charge >= 0.3 is 0 Å². The van der Waals surface area contributed by atoms with Gasteiger partial charge in [0.05, 0.1) is 23.5 Å². The first-order valence-electron chi connectivity index (χ1n) is 8.95. The molecule has 6 heteroatoms. The summed E-state index contributed by atoms with van der Waals surface area (Å²) in [6, 6.07) is 17.2. The Kier molecular flexibility index (Phi) is 6.86. The van der Waals surface area contributed by atoms with E-state index in [2.05, 4.69) is 40.0 Å². The minimum Gasteiger partial charge on any atom is -0.496 e. The molecule has 144 valence electrons. The van der Waals surface area contributed by atoms with Crippen LogP contribution in [0.25, 0.3) is 10.8 Å². The van der Waals surface area contributed by atoms with Crippen LogP contribution in [-0.4, -0.2) is 25.8 Å². The average Bonchev–Trinajstić information content (AvgIpc) is 2.73. The van der Waals surface area contributed by atoms with E-state index < -0.39 is 0 Å². The highest BCUT2D eigenvalue weighted by Gasteiger charge is 2.10. The molecule has 0 saturated carbocycles. The van der Waals surface area contributed by atoms with E-state index in [9.17, 15) is 4.79 Å². The third-order valence-corrected chi connectivity index (χ3v) is 5.06. The number of hydrazone groups is 1. The molecule has 3 aromatic carbocycles. The van der Waals surface area contributed by atoms with Gasteiger partial charge in [-0.25, -0.2) is 5.43 Å². The summed E-state index contributed by atoms with van der Waals surface area (Å²) < 4.78 is 12.1. The molecule has 0 saturated heterocycles. The van der Waals surface area contributed by atoms with E-state index in [0.717, 1.165) is 32.1 Å². The number of hydrogen-bond donors (Lipinski definition) is 1. The molecule has 0 spiro atoms. The Bertz CT molecular complexity index is 1020. The Balaban J connectivity index is 1.85. The lowest BCUT2D eigenvalue weighted by molar-refractivity contribution is 0.0954. The fourth-order valence-electron chi connectivity index (χ4n) is 2.77. The number of hydrogen-bond acceptors (Lipinski definition) is 4. The van der Waals surface area contributed by atoms with E-state index in [1.807, 2.05) is 42.5 Å². The summed E-state index contributed by atoms with van der Waals surface area (Å²) in [5.74, 6) is 1.10. The summed E-state index contributed by atoms with van der Waals surface area (Å²) in [6.45, 7) is 2.68. The average molecular weight is 488 g/mol. The SMILES string of the molecule is CCCOc1ccc2ccccc2c1/C=N/NC(=O)c1ccc(I)c(OC)c1. The van der Waals surface area contributed by atoms with Crippen LogP contribution >= 0.6 is 22.6 Å². The van der Waals surface area contributed by atoms with E-state index in [1.165, 1.54) is 0 Å². The topological polar surface area (TPSA) is 59.9 Å². The van der Waals surface area contributed by atoms with Crippen LogP contribution in [0.2, 0.25) is 0 Å². The molecule has 0 fully saturated rings. The highest BCUT2D eigenvalue weighted by molar-refractivity contribution is 14.1. The van der Waals surface area contributed by atoms with Crippen molar-refractivity contribution < 1.29 is 14.3 Å². The maximum Gasteiger partial charge on any atom is 0.271 e. The van der Waals surface area contributed by atoms with Crippen LogP contribution in [0.4, 0.5) is 0 Å². The number of amides is 1. The highest BCUT2D eigenvalue weighted by Crippen LogP contribution is 2.27. The lowest BCUT2D eigenvalue weighted by Gasteiger charge is -2.11. The van der Waals surface area contributed by atoms with Crippen LogP contribution in [0.5, 0.6) is 11.5 Å². The number of benzene rings is 3. The van der Waals surface area contributed by atoms with Crippen molar-refractivity contribution in [2.24, 2.45) is 5.10 Å². The minimum atomic E-state index is -0.304. The molecule has 0 radical (unpaired) electrons. The molecule has 0 atom stereocenters. The molecule has 5 nitrogen and oxygen atoms in total. The smallest absolute Gasteiger partial charge is 0.271 e. The Morgan fingerprint density at radius 2 is 1.96 bits per heavy atom. The molecule has 3 aromatic rings. The van der Waals surface area contributed by atoms with Crippen LogP contribution in [0.3, 0.4) is 0 Å². The molecule has 0 heterocycles. The van der Waals surface area contributed by atoms with Gasteiger partial charge in [-0.3, -0.25) is 4.79 Å². The van der Waals surface area contributed by atoms with Gasteiger partial charge in [-0.05, 0) is 64.0 Å². The predicted octanol–water partition coefficient (Wildman–Crippen LogP) is 5.01. The fraction of sp³-hybridized carbons (Fsp3) is 0.182. The van der Waals surface area contributed by atoms with Gasteiger partial charge < -0.3 is 9.47 Å². The van der Waals surface area contributed by atoms with Gasteiger partial charge in [-0.2, -0.15) is 5.10 Å². The van der Waals surface area contributed by atoms with E-state index >= 15 is 0 Å². The van der Waals surface area contributed by atoms with Gasteiger partial charge in [0.1, 0.15) is 11.5 Å². The van der Waals surface area contributed by atoms with Crippen molar-refractivity contribution in [2.75, 3.05) is 13.7 Å². The zero-order valence-electron chi connectivity index (χ0n) is 15.7. The summed E-state index contributed by atoms with van der Waals surface area (Å²) >= 11 is 2.16. The van der Waals surface area contributed by atoms with Crippen LogP contribution in [0.15, 0.2) is 59.7 Å². The normalized spacial score (nSPS) is 11.0. The molecule has 3 rings (SSSR count). The molecule has 1 N–H and O–H groups in total. The zero-order valence-corrected chi connectivity index (χ0v) is 17.9. The zero-order chi connectivity index (χ0) is 19.9. The number of halogens is 1. The second-order valence-corrected chi connectivity index (χ2v) is 7.26. The van der Waals surface area contributed by atoms with E-state index in [0.29, 0.717) is 17.9 Å². The number of carbonyl (C=O) groups excluding carboxylic acids is 1. The Hall–Kier alpha value is -2.61. The number of nitrogens with zero attached hydrogens (tertiary/aromatic N) is 1. The minimum absolute atomic E-state index is 0.304. The monoisotopic (exact) mass is 488 g/mol. The third-order valence-electron chi connectivity index (χ3n) is 4.17. The molecule has 0 aliphatic carbocycles. The number of carbonyl (C=O) groups is 1. The quantitative estimate of drug-likeness (QED) is 0.289.